The molecule has 16 heavy (non-hydrogen) atoms. The normalized spacial score (nSPS) is 13.1. The molecule has 1 heteroatoms. The largest absolute Gasteiger partial charge is 0.0836 e. The fraction of sp³-hybridized carbons (Fsp3) is 0.600. The third kappa shape index (κ3) is 3.93. The van der Waals surface area contributed by atoms with Gasteiger partial charge in [-0.05, 0) is 31.2 Å². The zero-order chi connectivity index (χ0) is 12.0. The summed E-state index contributed by atoms with van der Waals surface area (Å²) in [6.07, 6.45) is 5.19. The fourth-order valence-corrected chi connectivity index (χ4v) is 3.03. The van der Waals surface area contributed by atoms with Gasteiger partial charge < -0.3 is 0 Å². The highest BCUT2D eigenvalue weighted by atomic mass is 79.9. The van der Waals surface area contributed by atoms with E-state index in [1.807, 2.05) is 0 Å². The Morgan fingerprint density at radius 2 is 1.50 bits per heavy atom. The molecule has 0 aliphatic carbocycles. The summed E-state index contributed by atoms with van der Waals surface area (Å²) < 4.78 is 0. The van der Waals surface area contributed by atoms with Crippen LogP contribution in [0.5, 0.6) is 0 Å². The molecule has 0 bridgehead atoms. The number of aryl methyl sites for hydroxylation is 1. The molecule has 1 aromatic rings. The van der Waals surface area contributed by atoms with Crippen LogP contribution in [0.15, 0.2) is 24.3 Å². The Labute approximate surface area is 109 Å². The van der Waals surface area contributed by atoms with Gasteiger partial charge in [0.15, 0.2) is 0 Å². The van der Waals surface area contributed by atoms with Crippen LogP contribution >= 0.6 is 15.9 Å². The predicted octanol–water partition coefficient (Wildman–Crippen LogP) is 5.65. The fourth-order valence-electron chi connectivity index (χ4n) is 2.20. The number of halogens is 1. The van der Waals surface area contributed by atoms with Crippen LogP contribution in [0.3, 0.4) is 0 Å². The Kier molecular flexibility index (Phi) is 6.12. The summed E-state index contributed by atoms with van der Waals surface area (Å²) in [5.41, 5.74) is 2.77. The van der Waals surface area contributed by atoms with Crippen LogP contribution in [0.2, 0.25) is 0 Å². The Morgan fingerprint density at radius 1 is 1.00 bits per heavy atom. The van der Waals surface area contributed by atoms with Crippen molar-refractivity contribution in [3.8, 4) is 0 Å². The molecule has 0 saturated carbocycles. The van der Waals surface area contributed by atoms with E-state index in [1.165, 1.54) is 36.8 Å². The van der Waals surface area contributed by atoms with Crippen LogP contribution in [0, 0.1) is 12.8 Å². The van der Waals surface area contributed by atoms with Crippen molar-refractivity contribution < 1.29 is 0 Å². The molecule has 0 fully saturated rings. The summed E-state index contributed by atoms with van der Waals surface area (Å²) in [4.78, 5) is 0.521. The number of hydrogen-bond donors (Lipinski definition) is 0. The van der Waals surface area contributed by atoms with Gasteiger partial charge in [0, 0.05) is 4.83 Å². The number of alkyl halides is 1. The highest BCUT2D eigenvalue weighted by Gasteiger charge is 2.18. The highest BCUT2D eigenvalue weighted by Crippen LogP contribution is 2.36. The van der Waals surface area contributed by atoms with Gasteiger partial charge in [-0.15, -0.1) is 0 Å². The van der Waals surface area contributed by atoms with Crippen LogP contribution in [0.4, 0.5) is 0 Å². The maximum absolute atomic E-state index is 3.88. The monoisotopic (exact) mass is 282 g/mol. The molecule has 0 N–H and O–H groups in total. The minimum atomic E-state index is 0.521. The maximum atomic E-state index is 3.88. The number of hydrogen-bond acceptors (Lipinski definition) is 0. The van der Waals surface area contributed by atoms with E-state index in [-0.39, 0.29) is 0 Å². The molecule has 1 aromatic carbocycles. The lowest BCUT2D eigenvalue weighted by molar-refractivity contribution is 0.435. The highest BCUT2D eigenvalue weighted by molar-refractivity contribution is 9.09. The van der Waals surface area contributed by atoms with E-state index in [0.29, 0.717) is 4.83 Å². The third-order valence-corrected chi connectivity index (χ3v) is 4.40. The van der Waals surface area contributed by atoms with Gasteiger partial charge in [-0.1, -0.05) is 72.4 Å². The summed E-state index contributed by atoms with van der Waals surface area (Å²) in [5, 5.41) is 0. The molecule has 0 radical (unpaired) electrons. The van der Waals surface area contributed by atoms with Gasteiger partial charge in [-0.2, -0.15) is 0 Å². The molecule has 1 unspecified atom stereocenters. The van der Waals surface area contributed by atoms with Crippen molar-refractivity contribution in [3.63, 3.8) is 0 Å². The first-order valence-corrected chi connectivity index (χ1v) is 7.31. The molecule has 0 aliphatic heterocycles. The Balaban J connectivity index is 2.72. The van der Waals surface area contributed by atoms with Crippen molar-refractivity contribution in [2.75, 3.05) is 0 Å². The van der Waals surface area contributed by atoms with Crippen LogP contribution in [-0.2, 0) is 0 Å². The van der Waals surface area contributed by atoms with E-state index in [0.717, 1.165) is 5.92 Å². The molecule has 0 heterocycles. The summed E-state index contributed by atoms with van der Waals surface area (Å²) >= 11 is 3.88. The molecule has 0 aromatic heterocycles. The van der Waals surface area contributed by atoms with Crippen molar-refractivity contribution in [1.29, 1.82) is 0 Å². The first-order chi connectivity index (χ1) is 7.69. The van der Waals surface area contributed by atoms with Crippen molar-refractivity contribution in [1.82, 2.24) is 0 Å². The topological polar surface area (TPSA) is 0 Å². The van der Waals surface area contributed by atoms with E-state index in [2.05, 4.69) is 61.0 Å². The summed E-state index contributed by atoms with van der Waals surface area (Å²) in [7, 11) is 0. The molecule has 0 aliphatic rings. The van der Waals surface area contributed by atoms with Crippen LogP contribution < -0.4 is 0 Å². The molecule has 1 rings (SSSR count). The first kappa shape index (κ1) is 13.8. The second-order valence-electron chi connectivity index (χ2n) is 4.65. The van der Waals surface area contributed by atoms with Crippen molar-refractivity contribution in [2.45, 2.75) is 51.3 Å². The Hall–Kier alpha value is -0.300. The second kappa shape index (κ2) is 7.11. The Bertz CT molecular complexity index is 283. The van der Waals surface area contributed by atoms with Gasteiger partial charge in [0.1, 0.15) is 0 Å². The molecular weight excluding hydrogens is 260 g/mol. The maximum Gasteiger partial charge on any atom is 0.0423 e. The summed E-state index contributed by atoms with van der Waals surface area (Å²) in [6.45, 7) is 6.69. The van der Waals surface area contributed by atoms with Crippen LogP contribution in [0.25, 0.3) is 0 Å². The quantitative estimate of drug-likeness (QED) is 0.592. The Morgan fingerprint density at radius 3 is 1.94 bits per heavy atom. The van der Waals surface area contributed by atoms with Crippen molar-refractivity contribution in [3.05, 3.63) is 35.4 Å². The van der Waals surface area contributed by atoms with Crippen molar-refractivity contribution in [2.24, 2.45) is 5.92 Å². The van der Waals surface area contributed by atoms with E-state index in [9.17, 15) is 0 Å². The molecule has 1 atom stereocenters. The number of rotatable bonds is 6. The lowest BCUT2D eigenvalue weighted by atomic mass is 9.91. The van der Waals surface area contributed by atoms with Gasteiger partial charge in [0.2, 0.25) is 0 Å². The minimum Gasteiger partial charge on any atom is -0.0836 e. The summed E-state index contributed by atoms with van der Waals surface area (Å²) in [6, 6.07) is 8.93. The van der Waals surface area contributed by atoms with Crippen LogP contribution in [-0.4, -0.2) is 0 Å². The average molecular weight is 283 g/mol. The second-order valence-corrected chi connectivity index (χ2v) is 5.64. The number of benzene rings is 1. The molecule has 90 valence electrons. The van der Waals surface area contributed by atoms with Gasteiger partial charge in [-0.3, -0.25) is 0 Å². The third-order valence-electron chi connectivity index (χ3n) is 3.13. The average Bonchev–Trinajstić information content (AvgIpc) is 2.29. The van der Waals surface area contributed by atoms with Gasteiger partial charge in [0.25, 0.3) is 0 Å². The van der Waals surface area contributed by atoms with E-state index >= 15 is 0 Å². The first-order valence-electron chi connectivity index (χ1n) is 6.39. The molecule has 0 saturated heterocycles. The molecule has 0 spiro atoms. The van der Waals surface area contributed by atoms with E-state index in [4.69, 9.17) is 0 Å². The van der Waals surface area contributed by atoms with E-state index in [1.54, 1.807) is 0 Å². The summed E-state index contributed by atoms with van der Waals surface area (Å²) in [5.74, 6) is 0.776. The van der Waals surface area contributed by atoms with Crippen molar-refractivity contribution >= 4 is 15.9 Å². The molecular formula is C15H23Br. The zero-order valence-electron chi connectivity index (χ0n) is 10.7. The van der Waals surface area contributed by atoms with Gasteiger partial charge in [0.05, 0.1) is 0 Å². The standard InChI is InChI=1S/C15H23Br/c1-4-6-13(7-5-2)15(16)14-10-8-12(3)9-11-14/h8-11,13,15H,4-7H2,1-3H3. The van der Waals surface area contributed by atoms with E-state index < -0.39 is 0 Å². The lowest BCUT2D eigenvalue weighted by Gasteiger charge is -2.22. The van der Waals surface area contributed by atoms with Crippen LogP contribution in [0.1, 0.15) is 55.5 Å². The minimum absolute atomic E-state index is 0.521. The van der Waals surface area contributed by atoms with Gasteiger partial charge >= 0.3 is 0 Å². The predicted molar refractivity (Wildman–Crippen MR) is 76.2 cm³/mol. The molecule has 0 nitrogen and oxygen atoms in total. The smallest absolute Gasteiger partial charge is 0.0423 e. The zero-order valence-corrected chi connectivity index (χ0v) is 12.3. The van der Waals surface area contributed by atoms with Gasteiger partial charge in [-0.25, -0.2) is 0 Å². The molecule has 0 amide bonds. The lowest BCUT2D eigenvalue weighted by Crippen LogP contribution is -2.07. The SMILES string of the molecule is CCCC(CCC)C(Br)c1ccc(C)cc1.